The number of nitrogens with one attached hydrogen (secondary N) is 1. The molecular formula is C10H16N4. The first-order valence-electron chi connectivity index (χ1n) is 4.89. The highest BCUT2D eigenvalue weighted by Gasteiger charge is 2.44. The summed E-state index contributed by atoms with van der Waals surface area (Å²) < 4.78 is 0. The lowest BCUT2D eigenvalue weighted by atomic mass is 10.1. The van der Waals surface area contributed by atoms with Gasteiger partial charge in [-0.1, -0.05) is 13.8 Å². The maximum Gasteiger partial charge on any atom is 0.131 e. The number of hydrogen-bond acceptors (Lipinski definition) is 4. The molecule has 4 nitrogen and oxygen atoms in total. The van der Waals surface area contributed by atoms with Gasteiger partial charge in [0, 0.05) is 12.6 Å². The molecule has 0 bridgehead atoms. The highest BCUT2D eigenvalue weighted by atomic mass is 15.0. The molecule has 1 aromatic heterocycles. The highest BCUT2D eigenvalue weighted by molar-refractivity contribution is 5.43. The maximum absolute atomic E-state index is 5.54. The Morgan fingerprint density at radius 3 is 2.86 bits per heavy atom. The summed E-state index contributed by atoms with van der Waals surface area (Å²) in [5.41, 5.74) is 6.05. The van der Waals surface area contributed by atoms with Crippen molar-refractivity contribution in [2.45, 2.75) is 20.3 Å². The fraction of sp³-hybridized carbons (Fsp3) is 0.600. The Labute approximate surface area is 83.9 Å². The Morgan fingerprint density at radius 1 is 1.57 bits per heavy atom. The molecule has 76 valence electrons. The van der Waals surface area contributed by atoms with Crippen LogP contribution in [0.5, 0.6) is 0 Å². The first kappa shape index (κ1) is 9.24. The van der Waals surface area contributed by atoms with Gasteiger partial charge in [-0.25, -0.2) is 9.97 Å². The van der Waals surface area contributed by atoms with Crippen molar-refractivity contribution in [3.05, 3.63) is 12.4 Å². The van der Waals surface area contributed by atoms with Gasteiger partial charge in [0.1, 0.15) is 18.0 Å². The molecule has 0 aliphatic heterocycles. The minimum Gasteiger partial charge on any atom is -0.384 e. The monoisotopic (exact) mass is 192 g/mol. The molecule has 1 fully saturated rings. The number of nitrogens with two attached hydrogens (primary N) is 1. The molecule has 1 heterocycles. The molecule has 1 aliphatic rings. The van der Waals surface area contributed by atoms with E-state index in [0.717, 1.165) is 18.3 Å². The van der Waals surface area contributed by atoms with Crippen molar-refractivity contribution in [2.75, 3.05) is 17.6 Å². The summed E-state index contributed by atoms with van der Waals surface area (Å²) >= 11 is 0. The summed E-state index contributed by atoms with van der Waals surface area (Å²) in [5, 5.41) is 3.27. The van der Waals surface area contributed by atoms with Gasteiger partial charge in [0.2, 0.25) is 0 Å². The molecule has 4 heteroatoms. The van der Waals surface area contributed by atoms with Crippen LogP contribution in [0.2, 0.25) is 0 Å². The molecule has 0 amide bonds. The number of hydrogen-bond donors (Lipinski definition) is 2. The van der Waals surface area contributed by atoms with E-state index in [9.17, 15) is 0 Å². The van der Waals surface area contributed by atoms with E-state index in [1.165, 1.54) is 12.7 Å². The number of nitrogen functional groups attached to an aromatic ring is 1. The van der Waals surface area contributed by atoms with Gasteiger partial charge in [0.05, 0.1) is 0 Å². The van der Waals surface area contributed by atoms with Crippen LogP contribution in [-0.4, -0.2) is 16.5 Å². The third kappa shape index (κ3) is 1.95. The van der Waals surface area contributed by atoms with Crippen LogP contribution in [0.15, 0.2) is 12.4 Å². The number of rotatable bonds is 3. The highest BCUT2D eigenvalue weighted by Crippen LogP contribution is 2.51. The van der Waals surface area contributed by atoms with Crippen LogP contribution in [0.3, 0.4) is 0 Å². The summed E-state index contributed by atoms with van der Waals surface area (Å²) in [6.45, 7) is 5.55. The quantitative estimate of drug-likeness (QED) is 0.762. The minimum absolute atomic E-state index is 0.506. The van der Waals surface area contributed by atoms with Gasteiger partial charge in [0.15, 0.2) is 0 Å². The van der Waals surface area contributed by atoms with Crippen LogP contribution in [0.1, 0.15) is 20.3 Å². The molecule has 1 aromatic rings. The van der Waals surface area contributed by atoms with E-state index in [2.05, 4.69) is 29.1 Å². The Bertz CT molecular complexity index is 335. The minimum atomic E-state index is 0.506. The van der Waals surface area contributed by atoms with Gasteiger partial charge in [-0.2, -0.15) is 0 Å². The van der Waals surface area contributed by atoms with E-state index in [0.29, 0.717) is 11.2 Å². The van der Waals surface area contributed by atoms with Crippen LogP contribution in [0.25, 0.3) is 0 Å². The van der Waals surface area contributed by atoms with Crippen LogP contribution >= 0.6 is 0 Å². The summed E-state index contributed by atoms with van der Waals surface area (Å²) in [5.74, 6) is 2.09. The molecule has 0 saturated heterocycles. The van der Waals surface area contributed by atoms with Crippen molar-refractivity contribution >= 4 is 11.6 Å². The standard InChI is InChI=1S/C10H16N4/c1-10(2)4-7(10)5-12-9-3-8(11)13-6-14-9/h3,6-7H,4-5H2,1-2H3,(H3,11,12,13,14). The molecular weight excluding hydrogens is 176 g/mol. The fourth-order valence-corrected chi connectivity index (χ4v) is 1.62. The molecule has 1 atom stereocenters. The second-order valence-corrected chi connectivity index (χ2v) is 4.60. The molecule has 1 saturated carbocycles. The zero-order valence-electron chi connectivity index (χ0n) is 8.62. The second-order valence-electron chi connectivity index (χ2n) is 4.60. The van der Waals surface area contributed by atoms with Crippen LogP contribution < -0.4 is 11.1 Å². The summed E-state index contributed by atoms with van der Waals surface area (Å²) in [7, 11) is 0. The van der Waals surface area contributed by atoms with Gasteiger partial charge in [-0.05, 0) is 17.8 Å². The lowest BCUT2D eigenvalue weighted by Crippen LogP contribution is -2.08. The van der Waals surface area contributed by atoms with Gasteiger partial charge in [-0.15, -0.1) is 0 Å². The molecule has 2 rings (SSSR count). The van der Waals surface area contributed by atoms with E-state index in [1.54, 1.807) is 6.07 Å². The zero-order valence-corrected chi connectivity index (χ0v) is 8.62. The Morgan fingerprint density at radius 2 is 2.29 bits per heavy atom. The number of anilines is 2. The summed E-state index contributed by atoms with van der Waals surface area (Å²) in [6.07, 6.45) is 2.77. The van der Waals surface area contributed by atoms with Gasteiger partial charge in [-0.3, -0.25) is 0 Å². The maximum atomic E-state index is 5.54. The normalized spacial score (nSPS) is 23.1. The molecule has 0 radical (unpaired) electrons. The smallest absolute Gasteiger partial charge is 0.131 e. The number of aromatic nitrogens is 2. The first-order chi connectivity index (χ1) is 6.58. The molecule has 0 aromatic carbocycles. The zero-order chi connectivity index (χ0) is 10.2. The lowest BCUT2D eigenvalue weighted by Gasteiger charge is -2.06. The van der Waals surface area contributed by atoms with Crippen LogP contribution in [-0.2, 0) is 0 Å². The van der Waals surface area contributed by atoms with Gasteiger partial charge < -0.3 is 11.1 Å². The average molecular weight is 192 g/mol. The van der Waals surface area contributed by atoms with E-state index >= 15 is 0 Å². The SMILES string of the molecule is CC1(C)CC1CNc1cc(N)ncn1. The van der Waals surface area contributed by atoms with Crippen LogP contribution in [0, 0.1) is 11.3 Å². The van der Waals surface area contributed by atoms with E-state index in [4.69, 9.17) is 5.73 Å². The predicted octanol–water partition coefficient (Wildman–Crippen LogP) is 1.52. The fourth-order valence-electron chi connectivity index (χ4n) is 1.62. The van der Waals surface area contributed by atoms with Crippen LogP contribution in [0.4, 0.5) is 11.6 Å². The van der Waals surface area contributed by atoms with E-state index in [-0.39, 0.29) is 0 Å². The number of nitrogens with zero attached hydrogens (tertiary/aromatic N) is 2. The van der Waals surface area contributed by atoms with Crippen molar-refractivity contribution in [1.82, 2.24) is 9.97 Å². The topological polar surface area (TPSA) is 63.8 Å². The lowest BCUT2D eigenvalue weighted by molar-refractivity contribution is 0.573. The second kappa shape index (κ2) is 3.12. The van der Waals surface area contributed by atoms with Crippen molar-refractivity contribution in [2.24, 2.45) is 11.3 Å². The molecule has 14 heavy (non-hydrogen) atoms. The van der Waals surface area contributed by atoms with E-state index < -0.39 is 0 Å². The van der Waals surface area contributed by atoms with Gasteiger partial charge in [0.25, 0.3) is 0 Å². The molecule has 1 aliphatic carbocycles. The molecule has 0 spiro atoms. The summed E-state index contributed by atoms with van der Waals surface area (Å²) in [4.78, 5) is 7.92. The molecule has 1 unspecified atom stereocenters. The van der Waals surface area contributed by atoms with Crippen molar-refractivity contribution in [3.63, 3.8) is 0 Å². The van der Waals surface area contributed by atoms with E-state index in [1.807, 2.05) is 0 Å². The first-order valence-corrected chi connectivity index (χ1v) is 4.89. The third-order valence-corrected chi connectivity index (χ3v) is 2.94. The molecule has 3 N–H and O–H groups in total. The Hall–Kier alpha value is -1.32. The van der Waals surface area contributed by atoms with Crippen molar-refractivity contribution < 1.29 is 0 Å². The third-order valence-electron chi connectivity index (χ3n) is 2.94. The Kier molecular flexibility index (Phi) is 2.06. The Balaban J connectivity index is 1.87. The van der Waals surface area contributed by atoms with Gasteiger partial charge >= 0.3 is 0 Å². The van der Waals surface area contributed by atoms with Crippen molar-refractivity contribution in [1.29, 1.82) is 0 Å². The largest absolute Gasteiger partial charge is 0.384 e. The van der Waals surface area contributed by atoms with Crippen molar-refractivity contribution in [3.8, 4) is 0 Å². The average Bonchev–Trinajstić information content (AvgIpc) is 2.71. The summed E-state index contributed by atoms with van der Waals surface area (Å²) in [6, 6.07) is 1.76. The predicted molar refractivity (Wildman–Crippen MR) is 56.8 cm³/mol.